The molecule has 1 aliphatic rings. The van der Waals surface area contributed by atoms with Crippen LogP contribution in [0.1, 0.15) is 35.3 Å². The minimum Gasteiger partial charge on any atom is -0.396 e. The van der Waals surface area contributed by atoms with Crippen molar-refractivity contribution < 1.29 is 15.0 Å². The number of amides is 1. The van der Waals surface area contributed by atoms with E-state index < -0.39 is 0 Å². The predicted molar refractivity (Wildman–Crippen MR) is 78.5 cm³/mol. The third-order valence-corrected chi connectivity index (χ3v) is 3.64. The lowest BCUT2D eigenvalue weighted by Gasteiger charge is -2.32. The zero-order valence-corrected chi connectivity index (χ0v) is 12.0. The molecule has 1 unspecified atom stereocenters. The molecule has 0 spiro atoms. The monoisotopic (exact) mass is 288 g/mol. The van der Waals surface area contributed by atoms with E-state index in [-0.39, 0.29) is 19.1 Å². The summed E-state index contributed by atoms with van der Waals surface area (Å²) in [5.41, 5.74) is 1.09. The molecule has 21 heavy (non-hydrogen) atoms. The van der Waals surface area contributed by atoms with Crippen molar-refractivity contribution in [3.63, 3.8) is 0 Å². The third kappa shape index (κ3) is 4.28. The lowest BCUT2D eigenvalue weighted by atomic mass is 9.95. The van der Waals surface area contributed by atoms with Crippen molar-refractivity contribution in [1.82, 2.24) is 9.88 Å². The Kier molecular flexibility index (Phi) is 5.73. The number of aliphatic hydroxyl groups excluding tert-OH is 2. The lowest BCUT2D eigenvalue weighted by molar-refractivity contribution is 0.0648. The summed E-state index contributed by atoms with van der Waals surface area (Å²) in [7, 11) is 0. The van der Waals surface area contributed by atoms with Gasteiger partial charge in [-0.3, -0.25) is 4.79 Å². The van der Waals surface area contributed by atoms with Crippen LogP contribution in [0, 0.1) is 17.8 Å². The molecule has 2 heterocycles. The van der Waals surface area contributed by atoms with Gasteiger partial charge in [-0.05, 0) is 37.3 Å². The number of aliphatic hydroxyl groups is 2. The highest BCUT2D eigenvalue weighted by Crippen LogP contribution is 2.20. The molecule has 2 rings (SSSR count). The van der Waals surface area contributed by atoms with E-state index in [0.29, 0.717) is 23.7 Å². The second-order valence-electron chi connectivity index (χ2n) is 5.16. The first-order chi connectivity index (χ1) is 10.2. The number of hydrogen-bond donors (Lipinski definition) is 2. The molecule has 1 aromatic rings. The zero-order chi connectivity index (χ0) is 15.1. The molecule has 1 saturated heterocycles. The Bertz CT molecular complexity index is 529. The summed E-state index contributed by atoms with van der Waals surface area (Å²) in [5, 5.41) is 17.7. The van der Waals surface area contributed by atoms with Gasteiger partial charge in [0.2, 0.25) is 0 Å². The largest absolute Gasteiger partial charge is 0.396 e. The average molecular weight is 288 g/mol. The van der Waals surface area contributed by atoms with Crippen LogP contribution in [-0.2, 0) is 0 Å². The molecule has 0 aliphatic carbocycles. The van der Waals surface area contributed by atoms with Crippen LogP contribution in [0.2, 0.25) is 0 Å². The van der Waals surface area contributed by atoms with Gasteiger partial charge in [-0.15, -0.1) is 0 Å². The minimum atomic E-state index is -0.194. The van der Waals surface area contributed by atoms with E-state index in [1.54, 1.807) is 18.3 Å². The second-order valence-corrected chi connectivity index (χ2v) is 5.16. The zero-order valence-electron chi connectivity index (χ0n) is 12.0. The molecule has 0 aromatic carbocycles. The van der Waals surface area contributed by atoms with Gasteiger partial charge >= 0.3 is 0 Å². The van der Waals surface area contributed by atoms with Crippen molar-refractivity contribution in [2.75, 3.05) is 26.3 Å². The summed E-state index contributed by atoms with van der Waals surface area (Å²) in [5.74, 6) is 5.60. The minimum absolute atomic E-state index is 0.0701. The van der Waals surface area contributed by atoms with E-state index in [0.717, 1.165) is 25.8 Å². The average Bonchev–Trinajstić information content (AvgIpc) is 2.53. The quantitative estimate of drug-likeness (QED) is 0.801. The molecular weight excluding hydrogens is 268 g/mol. The fraction of sp³-hybridized carbons (Fsp3) is 0.500. The van der Waals surface area contributed by atoms with Gasteiger partial charge in [0.05, 0.1) is 0 Å². The first-order valence-electron chi connectivity index (χ1n) is 7.20. The van der Waals surface area contributed by atoms with Gasteiger partial charge < -0.3 is 15.1 Å². The maximum Gasteiger partial charge on any atom is 0.272 e. The Morgan fingerprint density at radius 3 is 2.95 bits per heavy atom. The van der Waals surface area contributed by atoms with Crippen LogP contribution < -0.4 is 0 Å². The van der Waals surface area contributed by atoms with E-state index in [1.807, 2.05) is 4.90 Å². The number of piperidine rings is 1. The number of aromatic nitrogens is 1. The number of pyridine rings is 1. The highest BCUT2D eigenvalue weighted by Gasteiger charge is 2.24. The van der Waals surface area contributed by atoms with Crippen molar-refractivity contribution in [2.24, 2.45) is 5.92 Å². The van der Waals surface area contributed by atoms with Crippen LogP contribution in [0.5, 0.6) is 0 Å². The van der Waals surface area contributed by atoms with Crippen LogP contribution >= 0.6 is 0 Å². The number of rotatable bonds is 3. The molecule has 0 radical (unpaired) electrons. The summed E-state index contributed by atoms with van der Waals surface area (Å²) < 4.78 is 0. The summed E-state index contributed by atoms with van der Waals surface area (Å²) in [6.07, 6.45) is 4.32. The third-order valence-electron chi connectivity index (χ3n) is 3.64. The Morgan fingerprint density at radius 1 is 1.43 bits per heavy atom. The van der Waals surface area contributed by atoms with Crippen LogP contribution in [0.3, 0.4) is 0 Å². The number of carbonyl (C=O) groups is 1. The topological polar surface area (TPSA) is 73.7 Å². The van der Waals surface area contributed by atoms with E-state index >= 15 is 0 Å². The Labute approximate surface area is 124 Å². The molecule has 2 N–H and O–H groups in total. The molecule has 1 amide bonds. The first-order valence-corrected chi connectivity index (χ1v) is 7.20. The van der Waals surface area contributed by atoms with Crippen LogP contribution in [0.15, 0.2) is 18.3 Å². The Morgan fingerprint density at radius 2 is 2.29 bits per heavy atom. The predicted octanol–water partition coefficient (Wildman–Crippen LogP) is 0.660. The smallest absolute Gasteiger partial charge is 0.272 e. The van der Waals surface area contributed by atoms with Gasteiger partial charge in [0.25, 0.3) is 5.91 Å². The van der Waals surface area contributed by atoms with Gasteiger partial charge in [-0.25, -0.2) is 4.98 Å². The molecule has 1 fully saturated rings. The maximum absolute atomic E-state index is 12.4. The molecule has 0 bridgehead atoms. The summed E-state index contributed by atoms with van der Waals surface area (Å²) in [6, 6.07) is 3.40. The summed E-state index contributed by atoms with van der Waals surface area (Å²) in [6.45, 7) is 1.41. The van der Waals surface area contributed by atoms with Crippen molar-refractivity contribution in [1.29, 1.82) is 0 Å². The summed E-state index contributed by atoms with van der Waals surface area (Å²) >= 11 is 0. The Balaban J connectivity index is 2.02. The molecule has 112 valence electrons. The van der Waals surface area contributed by atoms with Gasteiger partial charge in [0.15, 0.2) is 0 Å². The molecule has 1 aromatic heterocycles. The fourth-order valence-corrected chi connectivity index (χ4v) is 2.57. The summed E-state index contributed by atoms with van der Waals surface area (Å²) in [4.78, 5) is 18.4. The molecule has 5 heteroatoms. The molecule has 5 nitrogen and oxygen atoms in total. The van der Waals surface area contributed by atoms with Crippen molar-refractivity contribution >= 4 is 5.91 Å². The maximum atomic E-state index is 12.4. The highest BCUT2D eigenvalue weighted by atomic mass is 16.3. The van der Waals surface area contributed by atoms with Crippen molar-refractivity contribution in [3.8, 4) is 11.8 Å². The Hall–Kier alpha value is -1.90. The van der Waals surface area contributed by atoms with E-state index in [9.17, 15) is 4.79 Å². The number of nitrogens with zero attached hydrogens (tertiary/aromatic N) is 2. The standard InChI is InChI=1S/C16H20N2O3/c19-9-2-4-13-5-6-15(17-11-13)16(21)18-8-1-3-14(12-18)7-10-20/h5-6,11,14,19-20H,1,3,7-10,12H2. The van der Waals surface area contributed by atoms with E-state index in [1.165, 1.54) is 0 Å². The number of likely N-dealkylation sites (tertiary alicyclic amines) is 1. The van der Waals surface area contributed by atoms with Gasteiger partial charge in [0, 0.05) is 31.5 Å². The highest BCUT2D eigenvalue weighted by molar-refractivity contribution is 5.92. The van der Waals surface area contributed by atoms with E-state index in [2.05, 4.69) is 16.8 Å². The molecule has 1 aliphatic heterocycles. The van der Waals surface area contributed by atoms with Crippen molar-refractivity contribution in [3.05, 3.63) is 29.6 Å². The van der Waals surface area contributed by atoms with Crippen LogP contribution in [0.25, 0.3) is 0 Å². The lowest BCUT2D eigenvalue weighted by Crippen LogP contribution is -2.40. The van der Waals surface area contributed by atoms with Gasteiger partial charge in [-0.2, -0.15) is 0 Å². The van der Waals surface area contributed by atoms with Crippen LogP contribution in [0.4, 0.5) is 0 Å². The number of carbonyl (C=O) groups excluding carboxylic acids is 1. The fourth-order valence-electron chi connectivity index (χ4n) is 2.57. The molecule has 0 saturated carbocycles. The molecular formula is C16H20N2O3. The van der Waals surface area contributed by atoms with Gasteiger partial charge in [0.1, 0.15) is 12.3 Å². The normalized spacial score (nSPS) is 18.0. The SMILES string of the molecule is O=C(c1ccc(C#CCO)cn1)N1CCCC(CCO)C1. The number of hydrogen-bond acceptors (Lipinski definition) is 4. The van der Waals surface area contributed by atoms with Crippen LogP contribution in [-0.4, -0.2) is 52.3 Å². The first kappa shape index (κ1) is 15.5. The van der Waals surface area contributed by atoms with Crippen molar-refractivity contribution in [2.45, 2.75) is 19.3 Å². The molecule has 1 atom stereocenters. The second kappa shape index (κ2) is 7.77. The van der Waals surface area contributed by atoms with Gasteiger partial charge in [-0.1, -0.05) is 11.8 Å². The van der Waals surface area contributed by atoms with E-state index in [4.69, 9.17) is 10.2 Å².